The molecule has 0 unspecified atom stereocenters. The number of aryl methyl sites for hydroxylation is 2. The Morgan fingerprint density at radius 2 is 2.12 bits per heavy atom. The molecule has 0 N–H and O–H groups in total. The number of unbranched alkanes of at least 4 members (excludes halogenated alkanes) is 1. The van der Waals surface area contributed by atoms with Crippen LogP contribution in [0.25, 0.3) is 0 Å². The van der Waals surface area contributed by atoms with Crippen LogP contribution in [0.4, 0.5) is 0 Å². The van der Waals surface area contributed by atoms with Gasteiger partial charge in [-0.05, 0) is 55.2 Å². The number of aldehydes is 1. The molecule has 0 aliphatic carbocycles. The highest BCUT2D eigenvalue weighted by atomic mass is 16.5. The summed E-state index contributed by atoms with van der Waals surface area (Å²) in [5.74, 6) is 1.58. The van der Waals surface area contributed by atoms with Crippen molar-refractivity contribution >= 4 is 12.2 Å². The number of benzene rings is 1. The Morgan fingerprint density at radius 3 is 2.79 bits per heavy atom. The van der Waals surface area contributed by atoms with E-state index in [0.29, 0.717) is 13.2 Å². The third-order valence-corrected chi connectivity index (χ3v) is 4.04. The number of hydrogen-bond donors (Lipinski definition) is 0. The minimum absolute atomic E-state index is 0.670. The van der Waals surface area contributed by atoms with Crippen molar-refractivity contribution < 1.29 is 14.3 Å². The van der Waals surface area contributed by atoms with Crippen molar-refractivity contribution in [3.8, 4) is 5.75 Å². The molecule has 24 heavy (non-hydrogen) atoms. The number of aliphatic imine (C=N–C) groups is 1. The summed E-state index contributed by atoms with van der Waals surface area (Å²) in [7, 11) is 1.89. The SMILES string of the molecule is Cn1cc(CCCCOc2ccc(C3=NCCO3)cc2)cc1C=O. The molecule has 0 bridgehead atoms. The van der Waals surface area contributed by atoms with E-state index in [1.165, 1.54) is 5.56 Å². The Hall–Kier alpha value is -2.56. The van der Waals surface area contributed by atoms with E-state index in [1.807, 2.05) is 48.1 Å². The van der Waals surface area contributed by atoms with Crippen LogP contribution in [0.2, 0.25) is 0 Å². The largest absolute Gasteiger partial charge is 0.494 e. The summed E-state index contributed by atoms with van der Waals surface area (Å²) in [6.45, 7) is 2.09. The molecule has 0 atom stereocenters. The third-order valence-electron chi connectivity index (χ3n) is 4.04. The second-order valence-corrected chi connectivity index (χ2v) is 5.87. The molecule has 3 rings (SSSR count). The van der Waals surface area contributed by atoms with Gasteiger partial charge < -0.3 is 14.0 Å². The van der Waals surface area contributed by atoms with Gasteiger partial charge >= 0.3 is 0 Å². The van der Waals surface area contributed by atoms with Gasteiger partial charge in [-0.15, -0.1) is 0 Å². The smallest absolute Gasteiger partial charge is 0.216 e. The number of carbonyl (C=O) groups excluding carboxylic acids is 1. The quantitative estimate of drug-likeness (QED) is 0.553. The Bertz CT molecular complexity index is 717. The van der Waals surface area contributed by atoms with Gasteiger partial charge in [0.1, 0.15) is 12.4 Å². The van der Waals surface area contributed by atoms with Crippen LogP contribution in [-0.4, -0.2) is 36.5 Å². The van der Waals surface area contributed by atoms with Crippen molar-refractivity contribution in [2.75, 3.05) is 19.8 Å². The van der Waals surface area contributed by atoms with Crippen molar-refractivity contribution in [2.45, 2.75) is 19.3 Å². The fourth-order valence-electron chi connectivity index (χ4n) is 2.73. The van der Waals surface area contributed by atoms with Crippen LogP contribution >= 0.6 is 0 Å². The van der Waals surface area contributed by atoms with Crippen LogP contribution in [-0.2, 0) is 18.2 Å². The van der Waals surface area contributed by atoms with Gasteiger partial charge in [-0.1, -0.05) is 0 Å². The summed E-state index contributed by atoms with van der Waals surface area (Å²) in [6, 6.07) is 9.80. The summed E-state index contributed by atoms with van der Waals surface area (Å²) in [4.78, 5) is 15.1. The lowest BCUT2D eigenvalue weighted by Gasteiger charge is -2.07. The molecule has 0 amide bonds. The average molecular weight is 326 g/mol. The average Bonchev–Trinajstić information content (AvgIpc) is 3.25. The van der Waals surface area contributed by atoms with Crippen LogP contribution in [0, 0.1) is 0 Å². The van der Waals surface area contributed by atoms with E-state index in [-0.39, 0.29) is 0 Å². The lowest BCUT2D eigenvalue weighted by atomic mass is 10.1. The van der Waals surface area contributed by atoms with Crippen LogP contribution in [0.5, 0.6) is 5.75 Å². The number of aromatic nitrogens is 1. The molecule has 0 saturated carbocycles. The molecular formula is C19H22N2O3. The zero-order valence-electron chi connectivity index (χ0n) is 13.9. The van der Waals surface area contributed by atoms with E-state index in [9.17, 15) is 4.79 Å². The maximum absolute atomic E-state index is 10.8. The molecule has 5 heteroatoms. The third kappa shape index (κ3) is 4.04. The summed E-state index contributed by atoms with van der Waals surface area (Å²) in [5, 5.41) is 0. The standard InChI is InChI=1S/C19H22N2O3/c1-21-13-15(12-17(21)14-22)4-2-3-10-23-18-7-5-16(6-8-18)19-20-9-11-24-19/h5-8,12-14H,2-4,9-11H2,1H3. The summed E-state index contributed by atoms with van der Waals surface area (Å²) >= 11 is 0. The lowest BCUT2D eigenvalue weighted by molar-refractivity contribution is 0.111. The van der Waals surface area contributed by atoms with Gasteiger partial charge in [-0.2, -0.15) is 0 Å². The first kappa shape index (κ1) is 16.3. The number of ether oxygens (including phenoxy) is 2. The molecule has 0 spiro atoms. The van der Waals surface area contributed by atoms with Crippen LogP contribution in [0.3, 0.4) is 0 Å². The Morgan fingerprint density at radius 1 is 1.29 bits per heavy atom. The van der Waals surface area contributed by atoms with E-state index in [4.69, 9.17) is 9.47 Å². The number of nitrogens with zero attached hydrogens (tertiary/aromatic N) is 2. The van der Waals surface area contributed by atoms with Gasteiger partial charge in [0, 0.05) is 18.8 Å². The first-order chi connectivity index (χ1) is 11.8. The van der Waals surface area contributed by atoms with Gasteiger partial charge in [0.25, 0.3) is 0 Å². The lowest BCUT2D eigenvalue weighted by Crippen LogP contribution is -2.02. The van der Waals surface area contributed by atoms with Crippen molar-refractivity contribution in [3.05, 3.63) is 53.3 Å². The van der Waals surface area contributed by atoms with Crippen molar-refractivity contribution in [3.63, 3.8) is 0 Å². The Balaban J connectivity index is 1.39. The maximum atomic E-state index is 10.8. The molecule has 5 nitrogen and oxygen atoms in total. The van der Waals surface area contributed by atoms with Crippen molar-refractivity contribution in [1.82, 2.24) is 4.57 Å². The molecule has 0 saturated heterocycles. The second-order valence-electron chi connectivity index (χ2n) is 5.87. The maximum Gasteiger partial charge on any atom is 0.216 e. The normalized spacial score (nSPS) is 13.5. The fraction of sp³-hybridized carbons (Fsp3) is 0.368. The van der Waals surface area contributed by atoms with E-state index in [1.54, 1.807) is 0 Å². The minimum atomic E-state index is 0.670. The molecule has 0 radical (unpaired) electrons. The topological polar surface area (TPSA) is 52.8 Å². The summed E-state index contributed by atoms with van der Waals surface area (Å²) < 4.78 is 13.1. The molecule has 1 aliphatic rings. The van der Waals surface area contributed by atoms with Crippen LogP contribution in [0.1, 0.15) is 34.5 Å². The highest BCUT2D eigenvalue weighted by Gasteiger charge is 2.09. The highest BCUT2D eigenvalue weighted by molar-refractivity contribution is 5.95. The predicted molar refractivity (Wildman–Crippen MR) is 93.0 cm³/mol. The van der Waals surface area contributed by atoms with Crippen LogP contribution < -0.4 is 4.74 Å². The molecule has 2 heterocycles. The monoisotopic (exact) mass is 326 g/mol. The second kappa shape index (κ2) is 7.81. The molecular weight excluding hydrogens is 304 g/mol. The number of carbonyl (C=O) groups is 1. The molecule has 1 aliphatic heterocycles. The van der Waals surface area contributed by atoms with E-state index in [0.717, 1.165) is 55.0 Å². The van der Waals surface area contributed by atoms with Gasteiger partial charge in [0.15, 0.2) is 6.29 Å². The first-order valence-corrected chi connectivity index (χ1v) is 8.27. The Labute approximate surface area is 141 Å². The first-order valence-electron chi connectivity index (χ1n) is 8.27. The van der Waals surface area contributed by atoms with Crippen molar-refractivity contribution in [2.24, 2.45) is 12.0 Å². The predicted octanol–water partition coefficient (Wildman–Crippen LogP) is 3.02. The molecule has 1 aromatic carbocycles. The van der Waals surface area contributed by atoms with Gasteiger partial charge in [0.2, 0.25) is 5.90 Å². The van der Waals surface area contributed by atoms with E-state index < -0.39 is 0 Å². The zero-order valence-corrected chi connectivity index (χ0v) is 13.9. The van der Waals surface area contributed by atoms with Crippen LogP contribution in [0.15, 0.2) is 41.5 Å². The number of hydrogen-bond acceptors (Lipinski definition) is 4. The van der Waals surface area contributed by atoms with Gasteiger partial charge in [0.05, 0.1) is 18.8 Å². The van der Waals surface area contributed by atoms with E-state index >= 15 is 0 Å². The molecule has 0 fully saturated rings. The van der Waals surface area contributed by atoms with E-state index in [2.05, 4.69) is 4.99 Å². The van der Waals surface area contributed by atoms with Gasteiger partial charge in [-0.3, -0.25) is 4.79 Å². The summed E-state index contributed by atoms with van der Waals surface area (Å²) in [6.07, 6.45) is 5.87. The fourth-order valence-corrected chi connectivity index (χ4v) is 2.73. The zero-order chi connectivity index (χ0) is 16.8. The number of rotatable bonds is 8. The highest BCUT2D eigenvalue weighted by Crippen LogP contribution is 2.16. The summed E-state index contributed by atoms with van der Waals surface area (Å²) in [5.41, 5.74) is 2.91. The Kier molecular flexibility index (Phi) is 5.31. The molecule has 1 aromatic heterocycles. The minimum Gasteiger partial charge on any atom is -0.494 e. The molecule has 2 aromatic rings. The van der Waals surface area contributed by atoms with Gasteiger partial charge in [-0.25, -0.2) is 4.99 Å². The molecule has 126 valence electrons. The van der Waals surface area contributed by atoms with Crippen molar-refractivity contribution in [1.29, 1.82) is 0 Å².